The van der Waals surface area contributed by atoms with E-state index < -0.39 is 0 Å². The van der Waals surface area contributed by atoms with E-state index in [1.54, 1.807) is 12.7 Å². The van der Waals surface area contributed by atoms with Crippen molar-refractivity contribution >= 4 is 0 Å². The van der Waals surface area contributed by atoms with Crippen molar-refractivity contribution in [1.29, 1.82) is 0 Å². The van der Waals surface area contributed by atoms with E-state index >= 15 is 0 Å². The van der Waals surface area contributed by atoms with Crippen LogP contribution in [0.1, 0.15) is 26.2 Å². The van der Waals surface area contributed by atoms with Gasteiger partial charge < -0.3 is 4.74 Å². The summed E-state index contributed by atoms with van der Waals surface area (Å²) in [6.45, 7) is 3.14. The summed E-state index contributed by atoms with van der Waals surface area (Å²) in [5.41, 5.74) is 1.60. The van der Waals surface area contributed by atoms with Crippen LogP contribution in [0.2, 0.25) is 0 Å². The Morgan fingerprint density at radius 1 is 1.70 bits per heavy atom. The smallest absolute Gasteiger partial charge is 0.0527 e. The standard InChI is InChI=1S/C9H16O/c1-3-8-5-4-6-9(8)7-10-2/h5,9H,3-4,6-7H2,1-2H3/t9-/m0/s1. The van der Waals surface area contributed by atoms with Gasteiger partial charge >= 0.3 is 0 Å². The van der Waals surface area contributed by atoms with E-state index in [2.05, 4.69) is 13.0 Å². The minimum absolute atomic E-state index is 0.731. The van der Waals surface area contributed by atoms with E-state index in [0.717, 1.165) is 12.5 Å². The number of methoxy groups -OCH3 is 1. The van der Waals surface area contributed by atoms with Gasteiger partial charge in [-0.3, -0.25) is 0 Å². The third kappa shape index (κ3) is 1.60. The molecule has 0 aromatic rings. The first kappa shape index (κ1) is 7.80. The van der Waals surface area contributed by atoms with Crippen molar-refractivity contribution in [3.8, 4) is 0 Å². The summed E-state index contributed by atoms with van der Waals surface area (Å²) in [5, 5.41) is 0. The molecule has 0 N–H and O–H groups in total. The van der Waals surface area contributed by atoms with Gasteiger partial charge in [0.05, 0.1) is 6.61 Å². The molecule has 1 heteroatoms. The Morgan fingerprint density at radius 3 is 3.10 bits per heavy atom. The predicted octanol–water partition coefficient (Wildman–Crippen LogP) is 2.38. The summed E-state index contributed by atoms with van der Waals surface area (Å²) in [4.78, 5) is 0. The summed E-state index contributed by atoms with van der Waals surface area (Å²) in [7, 11) is 1.78. The Balaban J connectivity index is 2.38. The molecule has 1 aliphatic rings. The predicted molar refractivity (Wildman–Crippen MR) is 43.0 cm³/mol. The largest absolute Gasteiger partial charge is 0.384 e. The SMILES string of the molecule is CCC1=CCC[C@H]1COC. The highest BCUT2D eigenvalue weighted by Gasteiger charge is 2.16. The number of hydrogen-bond donors (Lipinski definition) is 0. The molecule has 1 nitrogen and oxygen atoms in total. The van der Waals surface area contributed by atoms with Crippen LogP contribution in [0.25, 0.3) is 0 Å². The molecule has 0 fully saturated rings. The van der Waals surface area contributed by atoms with Gasteiger partial charge in [0.1, 0.15) is 0 Å². The van der Waals surface area contributed by atoms with Crippen molar-refractivity contribution in [2.24, 2.45) is 5.92 Å². The zero-order chi connectivity index (χ0) is 7.40. The van der Waals surface area contributed by atoms with Crippen LogP contribution >= 0.6 is 0 Å². The first-order valence-corrected chi connectivity index (χ1v) is 4.06. The van der Waals surface area contributed by atoms with Crippen LogP contribution in [0, 0.1) is 5.92 Å². The molecular formula is C9H16O. The van der Waals surface area contributed by atoms with Crippen LogP contribution < -0.4 is 0 Å². The quantitative estimate of drug-likeness (QED) is 0.547. The van der Waals surface area contributed by atoms with Gasteiger partial charge in [-0.2, -0.15) is 0 Å². The van der Waals surface area contributed by atoms with Crippen molar-refractivity contribution in [1.82, 2.24) is 0 Å². The van der Waals surface area contributed by atoms with Crippen LogP contribution in [0.5, 0.6) is 0 Å². The highest BCUT2D eigenvalue weighted by Crippen LogP contribution is 2.27. The maximum absolute atomic E-state index is 5.12. The van der Waals surface area contributed by atoms with Gasteiger partial charge in [0.15, 0.2) is 0 Å². The van der Waals surface area contributed by atoms with E-state index in [-0.39, 0.29) is 0 Å². The van der Waals surface area contributed by atoms with Crippen LogP contribution in [0.4, 0.5) is 0 Å². The second-order valence-corrected chi connectivity index (χ2v) is 2.86. The molecular weight excluding hydrogens is 124 g/mol. The van der Waals surface area contributed by atoms with Crippen LogP contribution in [0.3, 0.4) is 0 Å². The lowest BCUT2D eigenvalue weighted by atomic mass is 10.0. The Kier molecular flexibility index (Phi) is 2.94. The molecule has 1 atom stereocenters. The summed E-state index contributed by atoms with van der Waals surface area (Å²) in [5.74, 6) is 0.731. The second kappa shape index (κ2) is 3.77. The minimum Gasteiger partial charge on any atom is -0.384 e. The molecule has 0 bridgehead atoms. The fraction of sp³-hybridized carbons (Fsp3) is 0.778. The lowest BCUT2D eigenvalue weighted by Gasteiger charge is -2.11. The Hall–Kier alpha value is -0.300. The summed E-state index contributed by atoms with van der Waals surface area (Å²) in [6, 6.07) is 0. The molecule has 0 saturated heterocycles. The molecule has 0 aromatic carbocycles. The van der Waals surface area contributed by atoms with E-state index in [1.807, 2.05) is 0 Å². The monoisotopic (exact) mass is 140 g/mol. The topological polar surface area (TPSA) is 9.23 Å². The maximum Gasteiger partial charge on any atom is 0.0527 e. The maximum atomic E-state index is 5.12. The number of ether oxygens (including phenoxy) is 1. The average Bonchev–Trinajstić information content (AvgIpc) is 2.36. The summed E-state index contributed by atoms with van der Waals surface area (Å²) >= 11 is 0. The lowest BCUT2D eigenvalue weighted by molar-refractivity contribution is 0.165. The Labute approximate surface area is 63.1 Å². The molecule has 0 radical (unpaired) electrons. The number of hydrogen-bond acceptors (Lipinski definition) is 1. The van der Waals surface area contributed by atoms with Crippen molar-refractivity contribution in [2.45, 2.75) is 26.2 Å². The number of rotatable bonds is 3. The van der Waals surface area contributed by atoms with Crippen molar-refractivity contribution in [2.75, 3.05) is 13.7 Å². The Bertz CT molecular complexity index is 127. The molecule has 0 amide bonds. The molecule has 1 rings (SSSR count). The van der Waals surface area contributed by atoms with E-state index in [9.17, 15) is 0 Å². The zero-order valence-electron chi connectivity index (χ0n) is 6.89. The Morgan fingerprint density at radius 2 is 2.50 bits per heavy atom. The third-order valence-electron chi connectivity index (χ3n) is 2.22. The first-order valence-electron chi connectivity index (χ1n) is 4.06. The van der Waals surface area contributed by atoms with E-state index in [4.69, 9.17) is 4.74 Å². The van der Waals surface area contributed by atoms with Crippen molar-refractivity contribution in [3.63, 3.8) is 0 Å². The van der Waals surface area contributed by atoms with Gasteiger partial charge in [0.25, 0.3) is 0 Å². The van der Waals surface area contributed by atoms with E-state index in [1.165, 1.54) is 19.3 Å². The molecule has 10 heavy (non-hydrogen) atoms. The molecule has 0 unspecified atom stereocenters. The fourth-order valence-electron chi connectivity index (χ4n) is 1.65. The van der Waals surface area contributed by atoms with Crippen molar-refractivity contribution in [3.05, 3.63) is 11.6 Å². The first-order chi connectivity index (χ1) is 4.88. The highest BCUT2D eigenvalue weighted by molar-refractivity contribution is 5.11. The zero-order valence-corrected chi connectivity index (χ0v) is 6.89. The lowest BCUT2D eigenvalue weighted by Crippen LogP contribution is -2.06. The van der Waals surface area contributed by atoms with Gasteiger partial charge in [-0.15, -0.1) is 0 Å². The molecule has 0 heterocycles. The van der Waals surface area contributed by atoms with Gasteiger partial charge in [-0.25, -0.2) is 0 Å². The van der Waals surface area contributed by atoms with Crippen LogP contribution in [0.15, 0.2) is 11.6 Å². The van der Waals surface area contributed by atoms with Crippen molar-refractivity contribution < 1.29 is 4.74 Å². The molecule has 1 aliphatic carbocycles. The van der Waals surface area contributed by atoms with Gasteiger partial charge in [-0.05, 0) is 19.3 Å². The van der Waals surface area contributed by atoms with Gasteiger partial charge in [0.2, 0.25) is 0 Å². The van der Waals surface area contributed by atoms with Crippen LogP contribution in [-0.4, -0.2) is 13.7 Å². The molecule has 58 valence electrons. The summed E-state index contributed by atoms with van der Waals surface area (Å²) < 4.78 is 5.12. The highest BCUT2D eigenvalue weighted by atomic mass is 16.5. The average molecular weight is 140 g/mol. The molecule has 0 spiro atoms. The van der Waals surface area contributed by atoms with Crippen LogP contribution in [-0.2, 0) is 4.74 Å². The number of allylic oxidation sites excluding steroid dienone is 1. The fourth-order valence-corrected chi connectivity index (χ4v) is 1.65. The third-order valence-corrected chi connectivity index (χ3v) is 2.22. The van der Waals surface area contributed by atoms with E-state index in [0.29, 0.717) is 0 Å². The molecule has 0 aromatic heterocycles. The molecule has 0 saturated carbocycles. The summed E-state index contributed by atoms with van der Waals surface area (Å²) in [6.07, 6.45) is 6.13. The normalized spacial score (nSPS) is 25.0. The van der Waals surface area contributed by atoms with Gasteiger partial charge in [0, 0.05) is 13.0 Å². The second-order valence-electron chi connectivity index (χ2n) is 2.86. The van der Waals surface area contributed by atoms with Gasteiger partial charge in [-0.1, -0.05) is 18.6 Å². The molecule has 0 aliphatic heterocycles. The minimum atomic E-state index is 0.731.